The van der Waals surface area contributed by atoms with Crippen molar-refractivity contribution >= 4 is 19.8 Å². The molecule has 2 nitrogen and oxygen atoms in total. The van der Waals surface area contributed by atoms with Gasteiger partial charge in [0.2, 0.25) is 0 Å². The number of nitrogens with zero attached hydrogens (tertiary/aromatic N) is 2. The van der Waals surface area contributed by atoms with Crippen LogP contribution in [0.15, 0.2) is 0 Å². The SMILES string of the molecule is C[C@H](C1CCCCC2C=[N+](C)C=[N+](C)C2C1)[C@@H]1BC1. The fourth-order valence-electron chi connectivity index (χ4n) is 4.42. The van der Waals surface area contributed by atoms with E-state index in [4.69, 9.17) is 0 Å². The lowest BCUT2D eigenvalue weighted by molar-refractivity contribution is -0.595. The lowest BCUT2D eigenvalue weighted by Crippen LogP contribution is -2.43. The maximum absolute atomic E-state index is 2.53. The Morgan fingerprint density at radius 2 is 1.95 bits per heavy atom. The smallest absolute Gasteiger partial charge is 0.180 e. The van der Waals surface area contributed by atoms with E-state index in [0.29, 0.717) is 0 Å². The summed E-state index contributed by atoms with van der Waals surface area (Å²) in [6.45, 7) is 2.53. The fourth-order valence-corrected chi connectivity index (χ4v) is 4.42. The second-order valence-corrected chi connectivity index (χ2v) is 7.30. The molecule has 1 aliphatic carbocycles. The van der Waals surface area contributed by atoms with Crippen LogP contribution in [0.5, 0.6) is 0 Å². The molecule has 2 fully saturated rings. The molecule has 5 atom stereocenters. The Balaban J connectivity index is 1.75. The summed E-state index contributed by atoms with van der Waals surface area (Å²) in [5.74, 6) is 3.77. The van der Waals surface area contributed by atoms with E-state index in [1.54, 1.807) is 0 Å². The van der Waals surface area contributed by atoms with Gasteiger partial charge in [-0.15, -0.1) is 0 Å². The average molecular weight is 260 g/mol. The van der Waals surface area contributed by atoms with Crippen molar-refractivity contribution in [3.63, 3.8) is 0 Å². The third-order valence-electron chi connectivity index (χ3n) is 5.82. The van der Waals surface area contributed by atoms with Crippen molar-refractivity contribution in [2.45, 2.75) is 57.2 Å². The summed E-state index contributed by atoms with van der Waals surface area (Å²) >= 11 is 0. The average Bonchev–Trinajstić information content (AvgIpc) is 3.15. The molecule has 3 rings (SSSR count). The van der Waals surface area contributed by atoms with E-state index in [0.717, 1.165) is 29.6 Å². The van der Waals surface area contributed by atoms with E-state index in [1.165, 1.54) is 45.7 Å². The number of hydrogen-bond donors (Lipinski definition) is 0. The van der Waals surface area contributed by atoms with Crippen molar-refractivity contribution in [2.75, 3.05) is 14.1 Å². The molecule has 0 aromatic carbocycles. The molecule has 104 valence electrons. The number of rotatable bonds is 2. The monoisotopic (exact) mass is 260 g/mol. The molecule has 0 radical (unpaired) electrons. The summed E-state index contributed by atoms with van der Waals surface area (Å²) in [6, 6.07) is 0.752. The van der Waals surface area contributed by atoms with Crippen LogP contribution in [-0.4, -0.2) is 49.1 Å². The highest BCUT2D eigenvalue weighted by Gasteiger charge is 2.41. The number of hydrogen-bond acceptors (Lipinski definition) is 0. The Morgan fingerprint density at radius 3 is 2.68 bits per heavy atom. The third-order valence-corrected chi connectivity index (χ3v) is 5.82. The van der Waals surface area contributed by atoms with Crippen LogP contribution in [0, 0.1) is 17.8 Å². The Kier molecular flexibility index (Phi) is 3.82. The van der Waals surface area contributed by atoms with Gasteiger partial charge in [-0.25, -0.2) is 0 Å². The van der Waals surface area contributed by atoms with Crippen LogP contribution in [0.3, 0.4) is 0 Å². The van der Waals surface area contributed by atoms with E-state index in [-0.39, 0.29) is 0 Å². The quantitative estimate of drug-likeness (QED) is 0.530. The maximum Gasteiger partial charge on any atom is 0.400 e. The molecule has 1 saturated carbocycles. The number of fused-ring (bicyclic) bond motifs is 1. The maximum atomic E-state index is 2.53. The molecule has 2 heterocycles. The first-order valence-electron chi connectivity index (χ1n) is 8.29. The first kappa shape index (κ1) is 13.4. The molecule has 1 saturated heterocycles. The van der Waals surface area contributed by atoms with Gasteiger partial charge in [0.1, 0.15) is 21.4 Å². The minimum atomic E-state index is 0.752. The second kappa shape index (κ2) is 5.42. The highest BCUT2D eigenvalue weighted by atomic mass is 15.1. The van der Waals surface area contributed by atoms with Crippen molar-refractivity contribution in [1.29, 1.82) is 0 Å². The first-order valence-corrected chi connectivity index (χ1v) is 8.29. The minimum absolute atomic E-state index is 0.752. The van der Waals surface area contributed by atoms with Gasteiger partial charge < -0.3 is 0 Å². The van der Waals surface area contributed by atoms with Crippen molar-refractivity contribution in [1.82, 2.24) is 0 Å². The Hall–Kier alpha value is -0.595. The predicted molar refractivity (Wildman–Crippen MR) is 83.2 cm³/mol. The fraction of sp³-hybridized carbons (Fsp3) is 0.875. The molecule has 3 unspecified atom stereocenters. The van der Waals surface area contributed by atoms with Crippen molar-refractivity contribution in [3.05, 3.63) is 0 Å². The van der Waals surface area contributed by atoms with Crippen LogP contribution < -0.4 is 0 Å². The zero-order chi connectivity index (χ0) is 13.4. The van der Waals surface area contributed by atoms with Gasteiger partial charge in [0, 0.05) is 6.42 Å². The van der Waals surface area contributed by atoms with Crippen LogP contribution >= 0.6 is 0 Å². The van der Waals surface area contributed by atoms with Gasteiger partial charge in [-0.05, 0) is 24.7 Å². The molecule has 0 aromatic rings. The highest BCUT2D eigenvalue weighted by molar-refractivity contribution is 6.50. The summed E-state index contributed by atoms with van der Waals surface area (Å²) in [5.41, 5.74) is 0. The van der Waals surface area contributed by atoms with Gasteiger partial charge in [0.25, 0.3) is 0 Å². The Morgan fingerprint density at radius 1 is 1.21 bits per heavy atom. The Labute approximate surface area is 118 Å². The normalized spacial score (nSPS) is 39.9. The predicted octanol–water partition coefficient (Wildman–Crippen LogP) is 2.24. The van der Waals surface area contributed by atoms with E-state index in [2.05, 4.69) is 42.7 Å². The van der Waals surface area contributed by atoms with Crippen LogP contribution in [0.25, 0.3) is 0 Å². The molecule has 19 heavy (non-hydrogen) atoms. The molecule has 3 aliphatic rings. The Bertz CT molecular complexity index is 398. The molecule has 0 N–H and O–H groups in total. The van der Waals surface area contributed by atoms with Crippen molar-refractivity contribution < 1.29 is 9.15 Å². The summed E-state index contributed by atoms with van der Waals surface area (Å²) in [7, 11) is 5.96. The largest absolute Gasteiger partial charge is 0.400 e. The molecular weight excluding hydrogens is 231 g/mol. The van der Waals surface area contributed by atoms with Crippen LogP contribution in [-0.2, 0) is 0 Å². The third kappa shape index (κ3) is 2.95. The highest BCUT2D eigenvalue weighted by Crippen LogP contribution is 2.44. The summed E-state index contributed by atoms with van der Waals surface area (Å²) in [5, 5.41) is 0. The lowest BCUT2D eigenvalue weighted by Gasteiger charge is -2.31. The molecule has 3 heteroatoms. The van der Waals surface area contributed by atoms with Gasteiger partial charge >= 0.3 is 6.34 Å². The molecule has 2 aliphatic heterocycles. The van der Waals surface area contributed by atoms with E-state index in [1.807, 2.05) is 0 Å². The summed E-state index contributed by atoms with van der Waals surface area (Å²) < 4.78 is 4.75. The summed E-state index contributed by atoms with van der Waals surface area (Å²) in [6.07, 6.45) is 13.4. The molecule has 0 bridgehead atoms. The molecule has 0 spiro atoms. The zero-order valence-corrected chi connectivity index (χ0v) is 12.9. The minimum Gasteiger partial charge on any atom is -0.180 e. The summed E-state index contributed by atoms with van der Waals surface area (Å²) in [4.78, 5) is 0. The van der Waals surface area contributed by atoms with Gasteiger partial charge in [0.15, 0.2) is 12.3 Å². The molecule has 0 aromatic heterocycles. The standard InChI is InChI=1S/C16H29BN2/c1-12(15-9-17-15)13-6-4-5-7-14-10-18(2)11-19(3)16(14)8-13/h10-17H,4-9H2,1-3H3/q+2/t12-,13?,14?,15-,16?/m1/s1. The van der Waals surface area contributed by atoms with Gasteiger partial charge in [-0.1, -0.05) is 31.9 Å². The van der Waals surface area contributed by atoms with Crippen LogP contribution in [0.4, 0.5) is 0 Å². The van der Waals surface area contributed by atoms with Crippen molar-refractivity contribution in [2.24, 2.45) is 17.8 Å². The van der Waals surface area contributed by atoms with Gasteiger partial charge in [0.05, 0.1) is 5.92 Å². The van der Waals surface area contributed by atoms with E-state index in [9.17, 15) is 0 Å². The second-order valence-electron chi connectivity index (χ2n) is 7.30. The van der Waals surface area contributed by atoms with Gasteiger partial charge in [-0.2, -0.15) is 9.15 Å². The van der Waals surface area contributed by atoms with E-state index < -0.39 is 0 Å². The van der Waals surface area contributed by atoms with Gasteiger partial charge in [-0.3, -0.25) is 0 Å². The molecule has 0 amide bonds. The zero-order valence-electron chi connectivity index (χ0n) is 12.9. The topological polar surface area (TPSA) is 6.02 Å². The van der Waals surface area contributed by atoms with Crippen LogP contribution in [0.1, 0.15) is 39.0 Å². The molecular formula is C16H29BN2+2. The lowest BCUT2D eigenvalue weighted by atomic mass is 9.73. The van der Waals surface area contributed by atoms with Crippen molar-refractivity contribution in [3.8, 4) is 0 Å². The van der Waals surface area contributed by atoms with Crippen LogP contribution in [0.2, 0.25) is 12.1 Å². The van der Waals surface area contributed by atoms with E-state index >= 15 is 0 Å². The first-order chi connectivity index (χ1) is 9.15.